The fourth-order valence-corrected chi connectivity index (χ4v) is 2.38. The van der Waals surface area contributed by atoms with Crippen LogP contribution in [0.15, 0.2) is 53.6 Å². The molecule has 3 heteroatoms. The van der Waals surface area contributed by atoms with Crippen LogP contribution in [0.1, 0.15) is 29.2 Å². The van der Waals surface area contributed by atoms with E-state index in [1.165, 1.54) is 0 Å². The standard InChI is InChI=1S/C16H16N2O/c1-11-7-8-13(16(19)9-11)15-10-14(17-18-15)12-5-3-2-4-6-12/h2-9,15,18-19H,10H2,1H3. The van der Waals surface area contributed by atoms with Crippen molar-refractivity contribution in [3.05, 3.63) is 65.2 Å². The number of hydrogen-bond acceptors (Lipinski definition) is 3. The molecule has 2 aromatic rings. The fraction of sp³-hybridized carbons (Fsp3) is 0.188. The van der Waals surface area contributed by atoms with Crippen molar-refractivity contribution >= 4 is 5.71 Å². The van der Waals surface area contributed by atoms with Gasteiger partial charge in [-0.3, -0.25) is 0 Å². The largest absolute Gasteiger partial charge is 0.508 e. The molecule has 0 aliphatic carbocycles. The van der Waals surface area contributed by atoms with Crippen LogP contribution in [-0.2, 0) is 0 Å². The Morgan fingerprint density at radius 1 is 1.16 bits per heavy atom. The number of phenolic OH excluding ortho intramolecular Hbond substituents is 1. The Hall–Kier alpha value is -2.29. The zero-order valence-corrected chi connectivity index (χ0v) is 10.8. The first kappa shape index (κ1) is 11.8. The van der Waals surface area contributed by atoms with E-state index in [4.69, 9.17) is 0 Å². The van der Waals surface area contributed by atoms with E-state index in [0.717, 1.165) is 28.8 Å². The van der Waals surface area contributed by atoms with Gasteiger partial charge in [0.05, 0.1) is 11.8 Å². The summed E-state index contributed by atoms with van der Waals surface area (Å²) in [6.45, 7) is 1.97. The smallest absolute Gasteiger partial charge is 0.121 e. The first-order valence-corrected chi connectivity index (χ1v) is 6.41. The number of hydrogen-bond donors (Lipinski definition) is 2. The van der Waals surface area contributed by atoms with E-state index in [1.54, 1.807) is 6.07 Å². The molecule has 1 unspecified atom stereocenters. The Kier molecular flexibility index (Phi) is 2.95. The SMILES string of the molecule is Cc1ccc(C2CC(c3ccccc3)=NN2)c(O)c1. The molecular formula is C16H16N2O. The number of phenols is 1. The predicted molar refractivity (Wildman–Crippen MR) is 76.3 cm³/mol. The highest BCUT2D eigenvalue weighted by Gasteiger charge is 2.23. The van der Waals surface area contributed by atoms with Crippen LogP contribution in [0.5, 0.6) is 5.75 Å². The van der Waals surface area contributed by atoms with Crippen molar-refractivity contribution in [2.45, 2.75) is 19.4 Å². The predicted octanol–water partition coefficient (Wildman–Crippen LogP) is 3.14. The van der Waals surface area contributed by atoms with Crippen molar-refractivity contribution in [1.82, 2.24) is 5.43 Å². The fourth-order valence-electron chi connectivity index (χ4n) is 2.38. The Bertz CT molecular complexity index is 620. The summed E-state index contributed by atoms with van der Waals surface area (Å²) in [4.78, 5) is 0. The molecule has 1 atom stereocenters. The lowest BCUT2D eigenvalue weighted by Gasteiger charge is -2.12. The van der Waals surface area contributed by atoms with Crippen molar-refractivity contribution in [3.63, 3.8) is 0 Å². The van der Waals surface area contributed by atoms with Gasteiger partial charge in [-0.05, 0) is 24.1 Å². The molecule has 19 heavy (non-hydrogen) atoms. The van der Waals surface area contributed by atoms with Gasteiger partial charge in [-0.1, -0.05) is 42.5 Å². The molecule has 0 fully saturated rings. The molecule has 0 aromatic heterocycles. The number of hydrazone groups is 1. The van der Waals surface area contributed by atoms with Gasteiger partial charge in [-0.15, -0.1) is 0 Å². The molecule has 2 aromatic carbocycles. The second-order valence-corrected chi connectivity index (χ2v) is 4.87. The van der Waals surface area contributed by atoms with Gasteiger partial charge in [-0.25, -0.2) is 0 Å². The number of nitrogens with one attached hydrogen (secondary N) is 1. The van der Waals surface area contributed by atoms with E-state index in [1.807, 2.05) is 37.3 Å². The van der Waals surface area contributed by atoms with Gasteiger partial charge in [0.2, 0.25) is 0 Å². The quantitative estimate of drug-likeness (QED) is 0.862. The van der Waals surface area contributed by atoms with Crippen molar-refractivity contribution in [2.75, 3.05) is 0 Å². The van der Waals surface area contributed by atoms with Crippen molar-refractivity contribution in [2.24, 2.45) is 5.10 Å². The number of aryl methyl sites for hydroxylation is 1. The zero-order chi connectivity index (χ0) is 13.2. The lowest BCUT2D eigenvalue weighted by atomic mass is 9.98. The minimum Gasteiger partial charge on any atom is -0.508 e. The maximum absolute atomic E-state index is 10.0. The molecule has 3 nitrogen and oxygen atoms in total. The van der Waals surface area contributed by atoms with Crippen LogP contribution in [0.25, 0.3) is 0 Å². The number of aromatic hydroxyl groups is 1. The molecule has 2 N–H and O–H groups in total. The third-order valence-corrected chi connectivity index (χ3v) is 3.42. The van der Waals surface area contributed by atoms with E-state index in [2.05, 4.69) is 22.7 Å². The molecule has 1 aliphatic heterocycles. The van der Waals surface area contributed by atoms with Gasteiger partial charge < -0.3 is 10.5 Å². The molecule has 1 aliphatic rings. The summed E-state index contributed by atoms with van der Waals surface area (Å²) in [6, 6.07) is 15.9. The van der Waals surface area contributed by atoms with Crippen molar-refractivity contribution < 1.29 is 5.11 Å². The molecule has 96 valence electrons. The Morgan fingerprint density at radius 3 is 2.68 bits per heavy atom. The van der Waals surface area contributed by atoms with Crippen molar-refractivity contribution in [3.8, 4) is 5.75 Å². The highest BCUT2D eigenvalue weighted by Crippen LogP contribution is 2.31. The Balaban J connectivity index is 1.81. The summed E-state index contributed by atoms with van der Waals surface area (Å²) >= 11 is 0. The summed E-state index contributed by atoms with van der Waals surface area (Å²) in [5, 5.41) is 14.4. The lowest BCUT2D eigenvalue weighted by molar-refractivity contribution is 0.455. The second kappa shape index (κ2) is 4.76. The summed E-state index contributed by atoms with van der Waals surface area (Å²) < 4.78 is 0. The van der Waals surface area contributed by atoms with E-state index >= 15 is 0 Å². The first-order valence-electron chi connectivity index (χ1n) is 6.41. The molecule has 3 rings (SSSR count). The number of benzene rings is 2. The third kappa shape index (κ3) is 2.32. The molecule has 0 bridgehead atoms. The third-order valence-electron chi connectivity index (χ3n) is 3.42. The lowest BCUT2D eigenvalue weighted by Crippen LogP contribution is -2.10. The average Bonchev–Trinajstić information content (AvgIpc) is 2.89. The Morgan fingerprint density at radius 2 is 1.95 bits per heavy atom. The molecule has 0 saturated heterocycles. The van der Waals surface area contributed by atoms with E-state index in [9.17, 15) is 5.11 Å². The number of rotatable bonds is 2. The van der Waals surface area contributed by atoms with Gasteiger partial charge >= 0.3 is 0 Å². The van der Waals surface area contributed by atoms with Gasteiger partial charge in [0.15, 0.2) is 0 Å². The zero-order valence-electron chi connectivity index (χ0n) is 10.8. The second-order valence-electron chi connectivity index (χ2n) is 4.87. The van der Waals surface area contributed by atoms with E-state index < -0.39 is 0 Å². The molecule has 0 radical (unpaired) electrons. The van der Waals surface area contributed by atoms with Gasteiger partial charge in [0, 0.05) is 12.0 Å². The van der Waals surface area contributed by atoms with Crippen LogP contribution in [-0.4, -0.2) is 10.8 Å². The van der Waals surface area contributed by atoms with E-state index in [0.29, 0.717) is 5.75 Å². The molecule has 0 amide bonds. The maximum atomic E-state index is 10.0. The first-order chi connectivity index (χ1) is 9.24. The van der Waals surface area contributed by atoms with Gasteiger partial charge in [0.25, 0.3) is 0 Å². The van der Waals surface area contributed by atoms with E-state index in [-0.39, 0.29) is 6.04 Å². The van der Waals surface area contributed by atoms with Gasteiger partial charge in [0.1, 0.15) is 5.75 Å². The summed E-state index contributed by atoms with van der Waals surface area (Å²) in [6.07, 6.45) is 0.792. The highest BCUT2D eigenvalue weighted by atomic mass is 16.3. The average molecular weight is 252 g/mol. The summed E-state index contributed by atoms with van der Waals surface area (Å²) in [7, 11) is 0. The summed E-state index contributed by atoms with van der Waals surface area (Å²) in [5.41, 5.74) is 7.23. The summed E-state index contributed by atoms with van der Waals surface area (Å²) in [5.74, 6) is 0.335. The maximum Gasteiger partial charge on any atom is 0.121 e. The Labute approximate surface area is 112 Å². The highest BCUT2D eigenvalue weighted by molar-refractivity contribution is 6.01. The molecule has 1 heterocycles. The van der Waals surface area contributed by atoms with Crippen LogP contribution >= 0.6 is 0 Å². The number of nitrogens with zero attached hydrogens (tertiary/aromatic N) is 1. The van der Waals surface area contributed by atoms with Crippen LogP contribution in [0.2, 0.25) is 0 Å². The van der Waals surface area contributed by atoms with Crippen molar-refractivity contribution in [1.29, 1.82) is 0 Å². The van der Waals surface area contributed by atoms with Crippen LogP contribution < -0.4 is 5.43 Å². The van der Waals surface area contributed by atoms with Crippen LogP contribution in [0.3, 0.4) is 0 Å². The monoisotopic (exact) mass is 252 g/mol. The van der Waals surface area contributed by atoms with Crippen LogP contribution in [0.4, 0.5) is 0 Å². The minimum absolute atomic E-state index is 0.0517. The topological polar surface area (TPSA) is 44.6 Å². The van der Waals surface area contributed by atoms with Crippen LogP contribution in [0, 0.1) is 6.92 Å². The van der Waals surface area contributed by atoms with Gasteiger partial charge in [-0.2, -0.15) is 5.10 Å². The minimum atomic E-state index is 0.0517. The normalized spacial score (nSPS) is 17.9. The molecule has 0 spiro atoms. The molecular weight excluding hydrogens is 236 g/mol. The molecule has 0 saturated carbocycles.